The number of aryl methyl sites for hydroxylation is 1. The third-order valence-electron chi connectivity index (χ3n) is 3.97. The molecule has 0 aliphatic heterocycles. The molecule has 3 rings (SSSR count). The Hall–Kier alpha value is -2.65. The Kier molecular flexibility index (Phi) is 5.81. The Labute approximate surface area is 173 Å². The van der Waals surface area contributed by atoms with Crippen LogP contribution in [-0.4, -0.2) is 30.1 Å². The topological polar surface area (TPSA) is 72.7 Å². The number of carbonyl (C=O) groups is 1. The summed E-state index contributed by atoms with van der Waals surface area (Å²) in [4.78, 5) is 19.2. The number of aromatic nitrogens is 4. The fourth-order valence-corrected chi connectivity index (χ4v) is 3.32. The van der Waals surface area contributed by atoms with Gasteiger partial charge >= 0.3 is 6.18 Å². The summed E-state index contributed by atoms with van der Waals surface area (Å²) < 4.78 is 37.9. The zero-order chi connectivity index (χ0) is 21.2. The van der Waals surface area contributed by atoms with Crippen LogP contribution in [-0.2, 0) is 13.2 Å². The van der Waals surface area contributed by atoms with E-state index < -0.39 is 28.3 Å². The maximum atomic E-state index is 12.8. The molecule has 2 heterocycles. The van der Waals surface area contributed by atoms with E-state index in [1.807, 2.05) is 0 Å². The largest absolute Gasteiger partial charge is 0.451 e. The summed E-state index contributed by atoms with van der Waals surface area (Å²) in [6, 6.07) is 9.78. The molecular weight excluding hydrogens is 430 g/mol. The van der Waals surface area contributed by atoms with E-state index in [4.69, 9.17) is 23.2 Å². The number of hydrogen-bond acceptors (Lipinski definition) is 4. The van der Waals surface area contributed by atoms with E-state index in [2.05, 4.69) is 20.4 Å². The first-order valence-electron chi connectivity index (χ1n) is 8.22. The van der Waals surface area contributed by atoms with Crippen molar-refractivity contribution in [2.24, 2.45) is 7.05 Å². The van der Waals surface area contributed by atoms with Crippen molar-refractivity contribution < 1.29 is 18.0 Å². The predicted octanol–water partition coefficient (Wildman–Crippen LogP) is 3.92. The fraction of sp³-hybridized carbons (Fsp3) is 0.222. The first-order valence-corrected chi connectivity index (χ1v) is 8.97. The van der Waals surface area contributed by atoms with E-state index in [0.717, 1.165) is 12.4 Å². The first-order chi connectivity index (χ1) is 13.6. The Bertz CT molecular complexity index is 991. The van der Waals surface area contributed by atoms with Crippen molar-refractivity contribution in [1.29, 1.82) is 0 Å². The van der Waals surface area contributed by atoms with Crippen LogP contribution in [0.2, 0.25) is 0 Å². The van der Waals surface area contributed by atoms with Crippen molar-refractivity contribution >= 4 is 29.1 Å². The summed E-state index contributed by atoms with van der Waals surface area (Å²) in [6.07, 6.45) is -1.16. The molecule has 1 aromatic carbocycles. The highest BCUT2D eigenvalue weighted by molar-refractivity contribution is 6.49. The highest BCUT2D eigenvalue weighted by Gasteiger charge is 2.42. The van der Waals surface area contributed by atoms with E-state index >= 15 is 0 Å². The molecule has 0 radical (unpaired) electrons. The van der Waals surface area contributed by atoms with Crippen molar-refractivity contribution in [3.05, 3.63) is 77.6 Å². The number of amides is 1. The zero-order valence-electron chi connectivity index (χ0n) is 14.9. The van der Waals surface area contributed by atoms with Crippen LogP contribution in [0.25, 0.3) is 0 Å². The average molecular weight is 444 g/mol. The number of alkyl halides is 5. The monoisotopic (exact) mass is 443 g/mol. The number of benzene rings is 1. The molecule has 11 heteroatoms. The van der Waals surface area contributed by atoms with Gasteiger partial charge in [-0.25, -0.2) is 9.97 Å². The predicted molar refractivity (Wildman–Crippen MR) is 100 cm³/mol. The van der Waals surface area contributed by atoms with Gasteiger partial charge < -0.3 is 5.32 Å². The van der Waals surface area contributed by atoms with Crippen molar-refractivity contribution in [3.8, 4) is 0 Å². The van der Waals surface area contributed by atoms with Gasteiger partial charge in [0.15, 0.2) is 0 Å². The molecule has 3 aromatic rings. The van der Waals surface area contributed by atoms with Gasteiger partial charge in [-0.05, 0) is 18.2 Å². The van der Waals surface area contributed by atoms with Crippen molar-refractivity contribution in [2.45, 2.75) is 16.6 Å². The van der Waals surface area contributed by atoms with Crippen LogP contribution in [0.4, 0.5) is 13.2 Å². The quantitative estimate of drug-likeness (QED) is 0.479. The van der Waals surface area contributed by atoms with Gasteiger partial charge in [-0.1, -0.05) is 41.4 Å². The minimum atomic E-state index is -4.69. The maximum absolute atomic E-state index is 12.8. The second-order valence-corrected chi connectivity index (χ2v) is 7.51. The lowest BCUT2D eigenvalue weighted by atomic mass is 9.97. The maximum Gasteiger partial charge on any atom is 0.451 e. The summed E-state index contributed by atoms with van der Waals surface area (Å²) in [6.45, 7) is 0. The molecule has 1 N–H and O–H groups in total. The van der Waals surface area contributed by atoms with Gasteiger partial charge in [0.25, 0.3) is 5.91 Å². The molecule has 0 saturated heterocycles. The van der Waals surface area contributed by atoms with Crippen LogP contribution in [0.1, 0.15) is 33.4 Å². The molecule has 29 heavy (non-hydrogen) atoms. The van der Waals surface area contributed by atoms with Gasteiger partial charge in [0.2, 0.25) is 10.3 Å². The number of nitrogens with one attached hydrogen (secondary N) is 1. The average Bonchev–Trinajstić information content (AvgIpc) is 3.07. The summed E-state index contributed by atoms with van der Waals surface area (Å²) in [7, 11) is 1.65. The minimum absolute atomic E-state index is 0.148. The Morgan fingerprint density at radius 2 is 1.72 bits per heavy atom. The highest BCUT2D eigenvalue weighted by atomic mass is 35.5. The van der Waals surface area contributed by atoms with Crippen LogP contribution in [0, 0.1) is 0 Å². The van der Waals surface area contributed by atoms with E-state index in [0.29, 0.717) is 11.3 Å². The van der Waals surface area contributed by atoms with Crippen molar-refractivity contribution in [3.63, 3.8) is 0 Å². The second kappa shape index (κ2) is 8.00. The molecule has 0 aliphatic carbocycles. The van der Waals surface area contributed by atoms with Gasteiger partial charge in [-0.3, -0.25) is 9.48 Å². The molecule has 0 aliphatic rings. The zero-order valence-corrected chi connectivity index (χ0v) is 16.4. The van der Waals surface area contributed by atoms with E-state index in [9.17, 15) is 18.0 Å². The fourth-order valence-electron chi connectivity index (χ4n) is 2.67. The van der Waals surface area contributed by atoms with E-state index in [1.54, 1.807) is 49.6 Å². The smallest absolute Gasteiger partial charge is 0.320 e. The van der Waals surface area contributed by atoms with Gasteiger partial charge in [-0.15, -0.1) is 0 Å². The van der Waals surface area contributed by atoms with Crippen LogP contribution in [0.3, 0.4) is 0 Å². The number of rotatable bonds is 5. The minimum Gasteiger partial charge on any atom is -0.320 e. The Morgan fingerprint density at radius 1 is 1.10 bits per heavy atom. The van der Waals surface area contributed by atoms with Crippen LogP contribution >= 0.6 is 23.2 Å². The lowest BCUT2D eigenvalue weighted by molar-refractivity contribution is -0.145. The molecule has 152 valence electrons. The van der Waals surface area contributed by atoms with Crippen molar-refractivity contribution in [1.82, 2.24) is 25.1 Å². The molecule has 0 spiro atoms. The second-order valence-electron chi connectivity index (χ2n) is 6.13. The number of hydrogen-bond donors (Lipinski definition) is 1. The summed E-state index contributed by atoms with van der Waals surface area (Å²) in [5, 5.41) is 6.71. The van der Waals surface area contributed by atoms with Crippen LogP contribution in [0.5, 0.6) is 0 Å². The van der Waals surface area contributed by atoms with E-state index in [1.165, 1.54) is 4.68 Å². The SMILES string of the molecule is Cn1ccc(C(c2cnc(C(F)(F)F)nc2)C(Cl)(Cl)NC(=O)c2ccccc2)n1. The molecule has 0 bridgehead atoms. The van der Waals surface area contributed by atoms with Crippen molar-refractivity contribution in [2.75, 3.05) is 0 Å². The number of nitrogens with zero attached hydrogens (tertiary/aromatic N) is 4. The van der Waals surface area contributed by atoms with Gasteiger partial charge in [0, 0.05) is 36.8 Å². The highest BCUT2D eigenvalue weighted by Crippen LogP contribution is 2.40. The normalized spacial score (nSPS) is 13.2. The van der Waals surface area contributed by atoms with Gasteiger partial charge in [-0.2, -0.15) is 18.3 Å². The lowest BCUT2D eigenvalue weighted by Gasteiger charge is -2.29. The Balaban J connectivity index is 1.98. The molecule has 1 amide bonds. The summed E-state index contributed by atoms with van der Waals surface area (Å²) in [5.41, 5.74) is 0.769. The van der Waals surface area contributed by atoms with Crippen LogP contribution in [0.15, 0.2) is 55.0 Å². The van der Waals surface area contributed by atoms with Gasteiger partial charge in [0.05, 0.1) is 11.6 Å². The molecule has 1 unspecified atom stereocenters. The third-order valence-corrected chi connectivity index (χ3v) is 4.59. The first kappa shape index (κ1) is 21.1. The number of halogens is 5. The van der Waals surface area contributed by atoms with Crippen LogP contribution < -0.4 is 5.32 Å². The molecule has 1 atom stereocenters. The summed E-state index contributed by atoms with van der Waals surface area (Å²) >= 11 is 12.9. The standard InChI is InChI=1S/C18H14Cl2F3N5O/c1-28-8-7-13(27-28)14(12-9-24-16(25-10-12)18(21,22)23)17(19,20)26-15(29)11-5-3-2-4-6-11/h2-10,14H,1H3,(H,26,29). The molecular formula is C18H14Cl2F3N5O. The summed E-state index contributed by atoms with van der Waals surface area (Å²) in [5.74, 6) is -2.91. The lowest BCUT2D eigenvalue weighted by Crippen LogP contribution is -2.44. The number of carbonyl (C=O) groups excluding carboxylic acids is 1. The molecule has 0 fully saturated rings. The molecule has 6 nitrogen and oxygen atoms in total. The van der Waals surface area contributed by atoms with Gasteiger partial charge in [0.1, 0.15) is 0 Å². The van der Waals surface area contributed by atoms with E-state index in [-0.39, 0.29) is 5.56 Å². The molecule has 0 saturated carbocycles. The third kappa shape index (κ3) is 4.86. The molecule has 2 aromatic heterocycles. The Morgan fingerprint density at radius 3 is 2.24 bits per heavy atom.